The minimum atomic E-state index is -1.06. The molecule has 4 atom stereocenters. The molecular weight excluding hydrogens is 432 g/mol. The number of rotatable bonds is 13. The van der Waals surface area contributed by atoms with Crippen LogP contribution in [0.2, 0.25) is 0 Å². The second kappa shape index (κ2) is 11.4. The van der Waals surface area contributed by atoms with Crippen LogP contribution in [0.5, 0.6) is 0 Å². The Bertz CT molecular complexity index is 863. The summed E-state index contributed by atoms with van der Waals surface area (Å²) >= 11 is 0. The number of amides is 3. The summed E-state index contributed by atoms with van der Waals surface area (Å²) in [7, 11) is 1.39. The van der Waals surface area contributed by atoms with Gasteiger partial charge in [0.1, 0.15) is 23.4 Å². The highest BCUT2D eigenvalue weighted by Gasteiger charge is 2.50. The van der Waals surface area contributed by atoms with Gasteiger partial charge in [0.25, 0.3) is 5.91 Å². The normalized spacial score (nSPS) is 20.0. The molecule has 0 saturated carbocycles. The minimum absolute atomic E-state index is 0.0250. The molecule has 2 heterocycles. The Labute approximate surface area is 193 Å². The van der Waals surface area contributed by atoms with Crippen LogP contribution in [0.25, 0.3) is 0 Å². The van der Waals surface area contributed by atoms with Crippen LogP contribution in [-0.4, -0.2) is 72.7 Å². The second-order valence-corrected chi connectivity index (χ2v) is 8.85. The van der Waals surface area contributed by atoms with Crippen molar-refractivity contribution in [3.63, 3.8) is 0 Å². The molecule has 2 rings (SSSR count). The average Bonchev–Trinajstić information content (AvgIpc) is 3.35. The Hall–Kier alpha value is -2.79. The number of carbonyl (C=O) groups is 4. The molecule has 1 aliphatic heterocycles. The van der Waals surface area contributed by atoms with Crippen LogP contribution < -0.4 is 16.0 Å². The Balaban J connectivity index is 2.04. The number of hydrogen-bond donors (Lipinski definition) is 3. The summed E-state index contributed by atoms with van der Waals surface area (Å²) in [5.41, 5.74) is -0.845. The third-order valence-corrected chi connectivity index (χ3v) is 5.30. The smallest absolute Gasteiger partial charge is 0.274 e. The van der Waals surface area contributed by atoms with Crippen molar-refractivity contribution in [2.75, 3.05) is 20.3 Å². The number of nitrogens with one attached hydrogen (secondary N) is 3. The first-order valence-corrected chi connectivity index (χ1v) is 11.0. The van der Waals surface area contributed by atoms with Gasteiger partial charge in [-0.2, -0.15) is 0 Å². The molecule has 1 aromatic heterocycles. The molecule has 1 saturated heterocycles. The van der Waals surface area contributed by atoms with E-state index in [4.69, 9.17) is 14.0 Å². The molecule has 33 heavy (non-hydrogen) atoms. The Morgan fingerprint density at radius 2 is 1.73 bits per heavy atom. The lowest BCUT2D eigenvalue weighted by Gasteiger charge is -2.25. The highest BCUT2D eigenvalue weighted by Crippen LogP contribution is 2.29. The maximum Gasteiger partial charge on any atom is 0.274 e. The molecule has 11 heteroatoms. The standard InChI is InChI=1S/C22H34N4O7/c1-7-14(19(28)24-15(8-12(2)3)18(27)22(5)11-32-22)23-21(30)17(10-31-6)25-20(29)16-9-13(4)33-26-16/h9,12,14-15,17H,7-8,10-11H2,1-6H3,(H,23,30)(H,24,28)(H,25,29)/t14-,15-,17-,22+/m0/s1. The van der Waals surface area contributed by atoms with Crippen LogP contribution in [0.4, 0.5) is 0 Å². The summed E-state index contributed by atoms with van der Waals surface area (Å²) < 4.78 is 15.2. The number of aryl methyl sites for hydroxylation is 1. The van der Waals surface area contributed by atoms with Crippen molar-refractivity contribution < 1.29 is 33.2 Å². The fraction of sp³-hybridized carbons (Fsp3) is 0.682. The Morgan fingerprint density at radius 3 is 2.21 bits per heavy atom. The molecule has 1 aromatic rings. The van der Waals surface area contributed by atoms with Gasteiger partial charge in [-0.3, -0.25) is 19.2 Å². The molecule has 0 bridgehead atoms. The minimum Gasteiger partial charge on any atom is -0.382 e. The van der Waals surface area contributed by atoms with E-state index in [-0.39, 0.29) is 30.4 Å². The quantitative estimate of drug-likeness (QED) is 0.356. The van der Waals surface area contributed by atoms with Gasteiger partial charge in [-0.15, -0.1) is 0 Å². The molecule has 0 aromatic carbocycles. The van der Waals surface area contributed by atoms with Crippen LogP contribution in [0.15, 0.2) is 10.6 Å². The monoisotopic (exact) mass is 466 g/mol. The van der Waals surface area contributed by atoms with Gasteiger partial charge in [0.15, 0.2) is 11.5 Å². The third kappa shape index (κ3) is 7.36. The lowest BCUT2D eigenvalue weighted by molar-refractivity contribution is -0.133. The highest BCUT2D eigenvalue weighted by molar-refractivity contribution is 5.99. The van der Waals surface area contributed by atoms with Gasteiger partial charge in [0.05, 0.1) is 19.3 Å². The topological polar surface area (TPSA) is 152 Å². The number of epoxide rings is 1. The fourth-order valence-corrected chi connectivity index (χ4v) is 3.27. The van der Waals surface area contributed by atoms with E-state index >= 15 is 0 Å². The molecular formula is C22H34N4O7. The summed E-state index contributed by atoms with van der Waals surface area (Å²) in [5, 5.41) is 11.6. The van der Waals surface area contributed by atoms with Crippen molar-refractivity contribution in [3.05, 3.63) is 17.5 Å². The zero-order valence-corrected chi connectivity index (χ0v) is 20.0. The van der Waals surface area contributed by atoms with Crippen LogP contribution >= 0.6 is 0 Å². The first kappa shape index (κ1) is 26.5. The summed E-state index contributed by atoms with van der Waals surface area (Å²) in [6.45, 7) is 9.19. The van der Waals surface area contributed by atoms with E-state index < -0.39 is 41.4 Å². The number of Topliss-reactive ketones (excluding diaryl/α,β-unsaturated/α-hetero) is 1. The number of methoxy groups -OCH3 is 1. The van der Waals surface area contributed by atoms with E-state index in [1.807, 2.05) is 13.8 Å². The molecule has 184 valence electrons. The molecule has 1 aliphatic rings. The van der Waals surface area contributed by atoms with Gasteiger partial charge in [0, 0.05) is 13.2 Å². The summed E-state index contributed by atoms with van der Waals surface area (Å²) in [6.07, 6.45) is 0.734. The zero-order chi connectivity index (χ0) is 24.8. The molecule has 3 amide bonds. The van der Waals surface area contributed by atoms with Gasteiger partial charge in [-0.25, -0.2) is 0 Å². The van der Waals surface area contributed by atoms with Crippen molar-refractivity contribution in [3.8, 4) is 0 Å². The average molecular weight is 467 g/mol. The number of aromatic nitrogens is 1. The molecule has 0 aliphatic carbocycles. The fourth-order valence-electron chi connectivity index (χ4n) is 3.27. The number of carbonyl (C=O) groups excluding carboxylic acids is 4. The van der Waals surface area contributed by atoms with Crippen LogP contribution in [0.1, 0.15) is 56.8 Å². The van der Waals surface area contributed by atoms with Gasteiger partial charge >= 0.3 is 0 Å². The van der Waals surface area contributed by atoms with E-state index in [1.54, 1.807) is 20.8 Å². The van der Waals surface area contributed by atoms with Crippen molar-refractivity contribution in [1.82, 2.24) is 21.1 Å². The van der Waals surface area contributed by atoms with E-state index in [1.165, 1.54) is 13.2 Å². The van der Waals surface area contributed by atoms with Crippen molar-refractivity contribution in [1.29, 1.82) is 0 Å². The zero-order valence-electron chi connectivity index (χ0n) is 20.0. The molecule has 1 fully saturated rings. The van der Waals surface area contributed by atoms with Crippen LogP contribution in [0.3, 0.4) is 0 Å². The van der Waals surface area contributed by atoms with Crippen molar-refractivity contribution in [2.45, 2.75) is 71.2 Å². The number of nitrogens with zero attached hydrogens (tertiary/aromatic N) is 1. The van der Waals surface area contributed by atoms with E-state index in [0.717, 1.165) is 0 Å². The first-order chi connectivity index (χ1) is 15.5. The van der Waals surface area contributed by atoms with Gasteiger partial charge < -0.3 is 29.9 Å². The number of ether oxygens (including phenoxy) is 2. The maximum atomic E-state index is 12.9. The molecule has 0 radical (unpaired) electrons. The Kier molecular flexibility index (Phi) is 9.12. The van der Waals surface area contributed by atoms with E-state index in [9.17, 15) is 19.2 Å². The largest absolute Gasteiger partial charge is 0.382 e. The summed E-state index contributed by atoms with van der Waals surface area (Å²) in [5.74, 6) is -1.26. The predicted octanol–water partition coefficient (Wildman–Crippen LogP) is 0.512. The first-order valence-electron chi connectivity index (χ1n) is 11.0. The third-order valence-electron chi connectivity index (χ3n) is 5.30. The summed E-state index contributed by atoms with van der Waals surface area (Å²) in [4.78, 5) is 50.9. The maximum absolute atomic E-state index is 12.9. The molecule has 0 spiro atoms. The van der Waals surface area contributed by atoms with Crippen LogP contribution in [-0.2, 0) is 23.9 Å². The van der Waals surface area contributed by atoms with Crippen molar-refractivity contribution >= 4 is 23.5 Å². The number of ketones is 1. The Morgan fingerprint density at radius 1 is 1.12 bits per heavy atom. The SMILES string of the molecule is CC[C@H](NC(=O)[C@H](COC)NC(=O)c1cc(C)on1)C(=O)N[C@@H](CC(C)C)C(=O)[C@@]1(C)CO1. The lowest BCUT2D eigenvalue weighted by atomic mass is 9.93. The summed E-state index contributed by atoms with van der Waals surface area (Å²) in [6, 6.07) is -1.25. The van der Waals surface area contributed by atoms with Crippen molar-refractivity contribution in [2.24, 2.45) is 5.92 Å². The van der Waals surface area contributed by atoms with E-state index in [2.05, 4.69) is 21.1 Å². The van der Waals surface area contributed by atoms with Gasteiger partial charge in [-0.05, 0) is 32.6 Å². The van der Waals surface area contributed by atoms with Gasteiger partial charge in [-0.1, -0.05) is 25.9 Å². The second-order valence-electron chi connectivity index (χ2n) is 8.85. The lowest BCUT2D eigenvalue weighted by Crippen LogP contribution is -2.57. The molecule has 3 N–H and O–H groups in total. The van der Waals surface area contributed by atoms with Gasteiger partial charge in [0.2, 0.25) is 11.8 Å². The number of hydrogen-bond acceptors (Lipinski definition) is 8. The predicted molar refractivity (Wildman–Crippen MR) is 117 cm³/mol. The molecule has 0 unspecified atom stereocenters. The molecule has 11 nitrogen and oxygen atoms in total. The van der Waals surface area contributed by atoms with E-state index in [0.29, 0.717) is 18.8 Å². The van der Waals surface area contributed by atoms with Crippen LogP contribution in [0, 0.1) is 12.8 Å². The highest BCUT2D eigenvalue weighted by atomic mass is 16.6.